The fraction of sp³-hybridized carbons (Fsp3) is 0.0556. The number of carboxylic acid groups (broad SMARTS) is 2. The lowest BCUT2D eigenvalue weighted by Crippen LogP contribution is -2.11. The van der Waals surface area contributed by atoms with E-state index in [1.54, 1.807) is 30.3 Å². The zero-order valence-electron chi connectivity index (χ0n) is 14.0. The van der Waals surface area contributed by atoms with Crippen LogP contribution in [0.4, 0.5) is 5.69 Å². The highest BCUT2D eigenvalue weighted by atomic mass is 79.9. The first-order valence-electron chi connectivity index (χ1n) is 7.73. The second-order valence-corrected chi connectivity index (χ2v) is 7.18. The highest BCUT2D eigenvalue weighted by Crippen LogP contribution is 2.47. The second kappa shape index (κ2) is 8.28. The van der Waals surface area contributed by atoms with Gasteiger partial charge in [-0.05, 0) is 34.1 Å². The van der Waals surface area contributed by atoms with Crippen LogP contribution in [-0.4, -0.2) is 34.7 Å². The molecule has 0 radical (unpaired) electrons. The van der Waals surface area contributed by atoms with Crippen LogP contribution in [-0.2, 0) is 4.79 Å². The van der Waals surface area contributed by atoms with Crippen LogP contribution in [0.1, 0.15) is 20.2 Å². The average Bonchev–Trinajstić information content (AvgIpc) is 3.29. The molecule has 28 heavy (non-hydrogen) atoms. The zero-order valence-corrected chi connectivity index (χ0v) is 16.4. The fourth-order valence-electron chi connectivity index (χ4n) is 2.35. The van der Waals surface area contributed by atoms with Crippen molar-refractivity contribution in [2.45, 2.75) is 0 Å². The molecule has 0 bridgehead atoms. The maximum Gasteiger partial charge on any atom is 0.349 e. The third-order valence-corrected chi connectivity index (χ3v) is 5.72. The Morgan fingerprint density at radius 3 is 2.54 bits per heavy atom. The first-order chi connectivity index (χ1) is 13.4. The van der Waals surface area contributed by atoms with E-state index in [4.69, 9.17) is 14.3 Å². The highest BCUT2D eigenvalue weighted by Gasteiger charge is 2.25. The monoisotopic (exact) mass is 465 g/mol. The standard InChI is InChI=1S/C18H12BrNO7S/c19-13-14(27-8-12(21)22)16(18(24)25)28-15(13)9-4-1-2-5-10(9)20-17(23)11-6-3-7-26-11/h1-7H,8H2,(H,20,23)(H,21,22)(H,24,25). The summed E-state index contributed by atoms with van der Waals surface area (Å²) in [7, 11) is 0. The molecule has 0 atom stereocenters. The van der Waals surface area contributed by atoms with Crippen molar-refractivity contribution < 1.29 is 33.8 Å². The Labute approximate surface area is 170 Å². The van der Waals surface area contributed by atoms with Gasteiger partial charge in [0.05, 0.1) is 15.6 Å². The van der Waals surface area contributed by atoms with Gasteiger partial charge in [-0.15, -0.1) is 11.3 Å². The number of carboxylic acids is 2. The molecule has 0 saturated carbocycles. The smallest absolute Gasteiger partial charge is 0.349 e. The molecule has 0 unspecified atom stereocenters. The number of anilines is 1. The van der Waals surface area contributed by atoms with E-state index in [1.807, 2.05) is 0 Å². The first-order valence-corrected chi connectivity index (χ1v) is 9.34. The van der Waals surface area contributed by atoms with Gasteiger partial charge in [0.1, 0.15) is 0 Å². The van der Waals surface area contributed by atoms with E-state index in [-0.39, 0.29) is 20.9 Å². The largest absolute Gasteiger partial charge is 0.479 e. The number of halogens is 1. The number of rotatable bonds is 7. The Morgan fingerprint density at radius 1 is 1.14 bits per heavy atom. The van der Waals surface area contributed by atoms with E-state index >= 15 is 0 Å². The van der Waals surface area contributed by atoms with Crippen LogP contribution < -0.4 is 10.1 Å². The van der Waals surface area contributed by atoms with Crippen molar-refractivity contribution in [2.75, 3.05) is 11.9 Å². The second-order valence-electron chi connectivity index (χ2n) is 5.37. The number of amides is 1. The molecule has 144 valence electrons. The normalized spacial score (nSPS) is 10.5. The van der Waals surface area contributed by atoms with E-state index in [9.17, 15) is 19.5 Å². The van der Waals surface area contributed by atoms with Gasteiger partial charge in [0.15, 0.2) is 23.0 Å². The van der Waals surface area contributed by atoms with Crippen LogP contribution in [0.5, 0.6) is 5.75 Å². The van der Waals surface area contributed by atoms with Crippen LogP contribution in [0.25, 0.3) is 10.4 Å². The van der Waals surface area contributed by atoms with Crippen LogP contribution in [0, 0.1) is 0 Å². The van der Waals surface area contributed by atoms with Crippen LogP contribution >= 0.6 is 27.3 Å². The van der Waals surface area contributed by atoms with Gasteiger partial charge in [-0.25, -0.2) is 9.59 Å². The van der Waals surface area contributed by atoms with Crippen molar-refractivity contribution >= 4 is 50.8 Å². The number of benzene rings is 1. The summed E-state index contributed by atoms with van der Waals surface area (Å²) in [4.78, 5) is 35.0. The number of ether oxygens (including phenoxy) is 1. The van der Waals surface area contributed by atoms with Crippen LogP contribution in [0.15, 0.2) is 51.6 Å². The van der Waals surface area contributed by atoms with Crippen LogP contribution in [0.3, 0.4) is 0 Å². The number of furan rings is 1. The molecule has 3 N–H and O–H groups in total. The lowest BCUT2D eigenvalue weighted by Gasteiger charge is -2.09. The summed E-state index contributed by atoms with van der Waals surface area (Å²) in [6.07, 6.45) is 1.38. The number of para-hydroxylation sites is 1. The van der Waals surface area contributed by atoms with Gasteiger partial charge in [-0.2, -0.15) is 0 Å². The molecule has 0 aliphatic rings. The van der Waals surface area contributed by atoms with E-state index < -0.39 is 24.5 Å². The number of carbonyl (C=O) groups is 3. The topological polar surface area (TPSA) is 126 Å². The van der Waals surface area contributed by atoms with Gasteiger partial charge in [-0.1, -0.05) is 18.2 Å². The Kier molecular flexibility index (Phi) is 5.81. The van der Waals surface area contributed by atoms with Crippen molar-refractivity contribution in [1.82, 2.24) is 0 Å². The summed E-state index contributed by atoms with van der Waals surface area (Å²) in [5.41, 5.74) is 0.958. The summed E-state index contributed by atoms with van der Waals surface area (Å²) >= 11 is 4.19. The third kappa shape index (κ3) is 4.07. The van der Waals surface area contributed by atoms with Crippen molar-refractivity contribution in [3.8, 4) is 16.2 Å². The zero-order chi connectivity index (χ0) is 20.3. The molecule has 0 aliphatic heterocycles. The van der Waals surface area contributed by atoms with Crippen LogP contribution in [0.2, 0.25) is 0 Å². The highest BCUT2D eigenvalue weighted by molar-refractivity contribution is 9.10. The molecule has 0 saturated heterocycles. The minimum atomic E-state index is -1.26. The molecule has 8 nitrogen and oxygen atoms in total. The lowest BCUT2D eigenvalue weighted by molar-refractivity contribution is -0.139. The van der Waals surface area contributed by atoms with Gasteiger partial charge in [0.25, 0.3) is 5.91 Å². The number of carbonyl (C=O) groups excluding carboxylic acids is 1. The molecule has 0 fully saturated rings. The molecule has 3 rings (SSSR count). The first kappa shape index (κ1) is 19.6. The van der Waals surface area contributed by atoms with Gasteiger partial charge >= 0.3 is 11.9 Å². The summed E-state index contributed by atoms with van der Waals surface area (Å²) in [5, 5.41) is 21.0. The Hall–Kier alpha value is -3.11. The third-order valence-electron chi connectivity index (χ3n) is 3.51. The van der Waals surface area contributed by atoms with Crippen molar-refractivity contribution in [3.63, 3.8) is 0 Å². The van der Waals surface area contributed by atoms with E-state index in [1.165, 1.54) is 12.3 Å². The molecule has 3 aromatic rings. The molecule has 2 aromatic heterocycles. The SMILES string of the molecule is O=C(O)COc1c(C(=O)O)sc(-c2ccccc2NC(=O)c2ccco2)c1Br. The number of hydrogen-bond acceptors (Lipinski definition) is 6. The van der Waals surface area contributed by atoms with E-state index in [0.29, 0.717) is 16.1 Å². The molecule has 0 aliphatic carbocycles. The molecule has 0 spiro atoms. The van der Waals surface area contributed by atoms with Crippen molar-refractivity contribution in [2.24, 2.45) is 0 Å². The lowest BCUT2D eigenvalue weighted by atomic mass is 10.1. The summed E-state index contributed by atoms with van der Waals surface area (Å²) in [5.74, 6) is -2.92. The summed E-state index contributed by atoms with van der Waals surface area (Å²) in [6.45, 7) is -0.689. The maximum atomic E-state index is 12.3. The number of aliphatic carboxylic acids is 1. The van der Waals surface area contributed by atoms with E-state index in [2.05, 4.69) is 21.2 Å². The molecule has 1 aromatic carbocycles. The molecule has 1 amide bonds. The van der Waals surface area contributed by atoms with Gasteiger partial charge < -0.3 is 24.7 Å². The number of nitrogens with one attached hydrogen (secondary N) is 1. The van der Waals surface area contributed by atoms with Crippen molar-refractivity contribution in [1.29, 1.82) is 0 Å². The number of hydrogen-bond donors (Lipinski definition) is 3. The molecular formula is C18H12BrNO7S. The molecular weight excluding hydrogens is 454 g/mol. The number of aromatic carboxylic acids is 1. The average molecular weight is 466 g/mol. The molecule has 2 heterocycles. The predicted molar refractivity (Wildman–Crippen MR) is 104 cm³/mol. The Balaban J connectivity index is 2.02. The Morgan fingerprint density at radius 2 is 1.89 bits per heavy atom. The fourth-order valence-corrected chi connectivity index (χ4v) is 4.27. The van der Waals surface area contributed by atoms with Crippen molar-refractivity contribution in [3.05, 3.63) is 57.8 Å². The maximum absolute atomic E-state index is 12.3. The van der Waals surface area contributed by atoms with Gasteiger partial charge in [0.2, 0.25) is 0 Å². The quantitative estimate of drug-likeness (QED) is 0.477. The summed E-state index contributed by atoms with van der Waals surface area (Å²) in [6, 6.07) is 9.88. The van der Waals surface area contributed by atoms with Gasteiger partial charge in [0, 0.05) is 11.3 Å². The minimum absolute atomic E-state index is 0.0814. The van der Waals surface area contributed by atoms with E-state index in [0.717, 1.165) is 11.3 Å². The molecule has 10 heteroatoms. The minimum Gasteiger partial charge on any atom is -0.479 e. The predicted octanol–water partition coefficient (Wildman–Crippen LogP) is 4.18. The summed E-state index contributed by atoms with van der Waals surface area (Å²) < 4.78 is 10.5. The Bertz CT molecular complexity index is 1040. The van der Waals surface area contributed by atoms with Gasteiger partial charge in [-0.3, -0.25) is 4.79 Å². The number of thiophene rings is 1.